The van der Waals surface area contributed by atoms with Crippen LogP contribution in [-0.2, 0) is 9.84 Å². The molecule has 0 spiro atoms. The Bertz CT molecular complexity index is 461. The molecule has 8 heteroatoms. The SMILES string of the molecule is Cc1cc(SCCS(C)(=O)=O)nc(NN)n1. The summed E-state index contributed by atoms with van der Waals surface area (Å²) in [5.41, 5.74) is 3.14. The molecule has 1 rings (SSSR count). The maximum atomic E-state index is 10.9. The van der Waals surface area contributed by atoms with Crippen molar-refractivity contribution in [2.45, 2.75) is 11.9 Å². The second kappa shape index (κ2) is 5.46. The Morgan fingerprint density at radius 2 is 2.19 bits per heavy atom. The molecule has 16 heavy (non-hydrogen) atoms. The van der Waals surface area contributed by atoms with E-state index in [1.807, 2.05) is 6.92 Å². The molecule has 0 fully saturated rings. The number of nitrogen functional groups attached to an aromatic ring is 1. The number of aryl methyl sites for hydroxylation is 1. The van der Waals surface area contributed by atoms with E-state index in [2.05, 4.69) is 15.4 Å². The van der Waals surface area contributed by atoms with Crippen LogP contribution in [0.1, 0.15) is 5.69 Å². The van der Waals surface area contributed by atoms with Gasteiger partial charge in [-0.2, -0.15) is 0 Å². The highest BCUT2D eigenvalue weighted by atomic mass is 32.2. The van der Waals surface area contributed by atoms with Gasteiger partial charge in [-0.15, -0.1) is 11.8 Å². The minimum Gasteiger partial charge on any atom is -0.292 e. The van der Waals surface area contributed by atoms with Crippen LogP contribution in [0.5, 0.6) is 0 Å². The van der Waals surface area contributed by atoms with Crippen molar-refractivity contribution in [2.75, 3.05) is 23.2 Å². The summed E-state index contributed by atoms with van der Waals surface area (Å²) >= 11 is 1.37. The molecule has 0 atom stereocenters. The van der Waals surface area contributed by atoms with Crippen molar-refractivity contribution < 1.29 is 8.42 Å². The Labute approximate surface area is 98.9 Å². The maximum absolute atomic E-state index is 10.9. The smallest absolute Gasteiger partial charge is 0.238 e. The van der Waals surface area contributed by atoms with Gasteiger partial charge in [-0.1, -0.05) is 0 Å². The molecule has 1 heterocycles. The molecule has 0 aliphatic carbocycles. The predicted octanol–water partition coefficient (Wildman–Crippen LogP) is 0.207. The fourth-order valence-electron chi connectivity index (χ4n) is 0.976. The van der Waals surface area contributed by atoms with Gasteiger partial charge in [0.05, 0.1) is 5.75 Å². The molecule has 0 radical (unpaired) electrons. The van der Waals surface area contributed by atoms with E-state index in [0.29, 0.717) is 16.7 Å². The predicted molar refractivity (Wildman–Crippen MR) is 65.0 cm³/mol. The summed E-state index contributed by atoms with van der Waals surface area (Å²) in [7, 11) is -2.92. The number of thioether (sulfide) groups is 1. The number of sulfone groups is 1. The lowest BCUT2D eigenvalue weighted by atomic mass is 10.5. The minimum absolute atomic E-state index is 0.131. The van der Waals surface area contributed by atoms with E-state index >= 15 is 0 Å². The van der Waals surface area contributed by atoms with Crippen LogP contribution in [0, 0.1) is 6.92 Å². The zero-order chi connectivity index (χ0) is 12.2. The number of hydrazine groups is 1. The number of rotatable bonds is 5. The normalized spacial score (nSPS) is 11.4. The fourth-order valence-corrected chi connectivity index (χ4v) is 3.13. The number of nitrogens with zero attached hydrogens (tertiary/aromatic N) is 2. The number of hydrogen-bond donors (Lipinski definition) is 2. The molecule has 0 aromatic carbocycles. The molecular weight excluding hydrogens is 248 g/mol. The number of nitrogens with one attached hydrogen (secondary N) is 1. The molecule has 0 bridgehead atoms. The van der Waals surface area contributed by atoms with Gasteiger partial charge >= 0.3 is 0 Å². The third-order valence-electron chi connectivity index (χ3n) is 1.66. The van der Waals surface area contributed by atoms with Crippen molar-refractivity contribution >= 4 is 27.5 Å². The van der Waals surface area contributed by atoms with Gasteiger partial charge < -0.3 is 0 Å². The first-order chi connectivity index (χ1) is 7.40. The molecule has 6 nitrogen and oxygen atoms in total. The molecule has 1 aromatic rings. The standard InChI is InChI=1S/C8H14N4O2S2/c1-6-5-7(11-8(10-6)12-9)15-3-4-16(2,13)14/h5H,3-4,9H2,1-2H3,(H,10,11,12). The lowest BCUT2D eigenvalue weighted by Gasteiger charge is -2.04. The Morgan fingerprint density at radius 1 is 1.50 bits per heavy atom. The first-order valence-electron chi connectivity index (χ1n) is 4.53. The van der Waals surface area contributed by atoms with Crippen molar-refractivity contribution in [3.63, 3.8) is 0 Å². The summed E-state index contributed by atoms with van der Waals surface area (Å²) < 4.78 is 21.9. The second-order valence-corrected chi connectivity index (χ2v) is 6.67. The molecular formula is C8H14N4O2S2. The monoisotopic (exact) mass is 262 g/mol. The Hall–Kier alpha value is -0.860. The van der Waals surface area contributed by atoms with Gasteiger partial charge in [-0.25, -0.2) is 24.2 Å². The van der Waals surface area contributed by atoms with Crippen LogP contribution < -0.4 is 11.3 Å². The molecule has 90 valence electrons. The van der Waals surface area contributed by atoms with Crippen molar-refractivity contribution in [2.24, 2.45) is 5.84 Å². The van der Waals surface area contributed by atoms with Gasteiger partial charge in [0.1, 0.15) is 14.9 Å². The number of aromatic nitrogens is 2. The highest BCUT2D eigenvalue weighted by Crippen LogP contribution is 2.17. The van der Waals surface area contributed by atoms with Crippen LogP contribution in [0.25, 0.3) is 0 Å². The van der Waals surface area contributed by atoms with Crippen LogP contribution in [0.3, 0.4) is 0 Å². The summed E-state index contributed by atoms with van der Waals surface area (Å²) in [6.07, 6.45) is 1.21. The van der Waals surface area contributed by atoms with Crippen LogP contribution in [0.4, 0.5) is 5.95 Å². The average molecular weight is 262 g/mol. The lowest BCUT2D eigenvalue weighted by molar-refractivity contribution is 0.603. The van der Waals surface area contributed by atoms with E-state index in [0.717, 1.165) is 5.69 Å². The molecule has 0 aliphatic rings. The van der Waals surface area contributed by atoms with E-state index in [4.69, 9.17) is 5.84 Å². The van der Waals surface area contributed by atoms with Crippen molar-refractivity contribution in [3.8, 4) is 0 Å². The summed E-state index contributed by atoms with van der Waals surface area (Å²) in [6, 6.07) is 1.79. The van der Waals surface area contributed by atoms with Crippen LogP contribution >= 0.6 is 11.8 Å². The first kappa shape index (κ1) is 13.2. The quantitative estimate of drug-likeness (QED) is 0.339. The molecule has 0 saturated carbocycles. The Balaban J connectivity index is 2.63. The lowest BCUT2D eigenvalue weighted by Crippen LogP contribution is -2.11. The van der Waals surface area contributed by atoms with E-state index in [1.165, 1.54) is 18.0 Å². The average Bonchev–Trinajstić information content (AvgIpc) is 2.14. The Morgan fingerprint density at radius 3 is 2.75 bits per heavy atom. The largest absolute Gasteiger partial charge is 0.292 e. The van der Waals surface area contributed by atoms with E-state index in [9.17, 15) is 8.42 Å². The third kappa shape index (κ3) is 4.77. The molecule has 0 saturated heterocycles. The zero-order valence-corrected chi connectivity index (χ0v) is 10.7. The van der Waals surface area contributed by atoms with Crippen LogP contribution in [0.15, 0.2) is 11.1 Å². The van der Waals surface area contributed by atoms with Gasteiger partial charge in [-0.05, 0) is 13.0 Å². The van der Waals surface area contributed by atoms with Gasteiger partial charge in [0, 0.05) is 17.7 Å². The number of nitrogens with two attached hydrogens (primary N) is 1. The molecule has 1 aromatic heterocycles. The summed E-state index contributed by atoms with van der Waals surface area (Å²) in [5, 5.41) is 0.712. The van der Waals surface area contributed by atoms with Crippen LogP contribution in [0.2, 0.25) is 0 Å². The minimum atomic E-state index is -2.92. The van der Waals surface area contributed by atoms with Crippen molar-refractivity contribution in [1.29, 1.82) is 0 Å². The fraction of sp³-hybridized carbons (Fsp3) is 0.500. The van der Waals surface area contributed by atoms with Crippen LogP contribution in [-0.4, -0.2) is 36.1 Å². The van der Waals surface area contributed by atoms with E-state index in [-0.39, 0.29) is 5.75 Å². The molecule has 0 aliphatic heterocycles. The third-order valence-corrected chi connectivity index (χ3v) is 3.78. The number of anilines is 1. The molecule has 0 unspecified atom stereocenters. The highest BCUT2D eigenvalue weighted by molar-refractivity contribution is 8.00. The first-order valence-corrected chi connectivity index (χ1v) is 7.58. The summed E-state index contributed by atoms with van der Waals surface area (Å²) in [6.45, 7) is 1.82. The zero-order valence-electron chi connectivity index (χ0n) is 9.10. The van der Waals surface area contributed by atoms with Crippen molar-refractivity contribution in [1.82, 2.24) is 9.97 Å². The summed E-state index contributed by atoms with van der Waals surface area (Å²) in [5.74, 6) is 6.14. The maximum Gasteiger partial charge on any atom is 0.238 e. The van der Waals surface area contributed by atoms with Gasteiger partial charge in [0.25, 0.3) is 0 Å². The van der Waals surface area contributed by atoms with Gasteiger partial charge in [0.2, 0.25) is 5.95 Å². The van der Waals surface area contributed by atoms with Crippen molar-refractivity contribution in [3.05, 3.63) is 11.8 Å². The second-order valence-electron chi connectivity index (χ2n) is 3.29. The number of hydrogen-bond acceptors (Lipinski definition) is 7. The topological polar surface area (TPSA) is 98.0 Å². The van der Waals surface area contributed by atoms with Gasteiger partial charge in [-0.3, -0.25) is 5.43 Å². The summed E-state index contributed by atoms with van der Waals surface area (Å²) in [4.78, 5) is 8.12. The molecule has 0 amide bonds. The van der Waals surface area contributed by atoms with Gasteiger partial charge in [0.15, 0.2) is 0 Å². The van der Waals surface area contributed by atoms with E-state index < -0.39 is 9.84 Å². The molecule has 3 N–H and O–H groups in total. The Kier molecular flexibility index (Phi) is 4.51. The van der Waals surface area contributed by atoms with E-state index in [1.54, 1.807) is 6.07 Å². The highest BCUT2D eigenvalue weighted by Gasteiger charge is 2.05.